The van der Waals surface area contributed by atoms with Crippen LogP contribution in [0.25, 0.3) is 0 Å². The quantitative estimate of drug-likeness (QED) is 0.642. The molecule has 1 amide bonds. The van der Waals surface area contributed by atoms with Gasteiger partial charge in [-0.15, -0.1) is 0 Å². The van der Waals surface area contributed by atoms with Gasteiger partial charge in [0.2, 0.25) is 0 Å². The van der Waals surface area contributed by atoms with Gasteiger partial charge in [-0.3, -0.25) is 9.78 Å². The minimum atomic E-state index is -0.188. The van der Waals surface area contributed by atoms with Crippen LogP contribution in [-0.4, -0.2) is 17.5 Å². The molecule has 0 spiro atoms. The first-order valence-corrected chi connectivity index (χ1v) is 8.89. The Morgan fingerprint density at radius 2 is 1.81 bits per heavy atom. The predicted molar refractivity (Wildman–Crippen MR) is 109 cm³/mol. The molecule has 0 fully saturated rings. The Labute approximate surface area is 159 Å². The van der Waals surface area contributed by atoms with Crippen LogP contribution < -0.4 is 15.4 Å². The summed E-state index contributed by atoms with van der Waals surface area (Å²) >= 11 is 0. The van der Waals surface area contributed by atoms with E-state index in [1.165, 1.54) is 0 Å². The Hall–Kier alpha value is -3.34. The van der Waals surface area contributed by atoms with Crippen LogP contribution in [0.2, 0.25) is 0 Å². The van der Waals surface area contributed by atoms with Crippen molar-refractivity contribution in [1.29, 1.82) is 0 Å². The lowest BCUT2D eigenvalue weighted by Gasteiger charge is -2.11. The first kappa shape index (κ1) is 18.5. The highest BCUT2D eigenvalue weighted by molar-refractivity contribution is 6.05. The van der Waals surface area contributed by atoms with Gasteiger partial charge < -0.3 is 15.4 Å². The first-order valence-electron chi connectivity index (χ1n) is 8.89. The summed E-state index contributed by atoms with van der Waals surface area (Å²) in [6.45, 7) is 6.60. The average Bonchev–Trinajstić information content (AvgIpc) is 2.67. The number of pyridine rings is 1. The highest BCUT2D eigenvalue weighted by Crippen LogP contribution is 2.22. The van der Waals surface area contributed by atoms with E-state index in [0.717, 1.165) is 33.9 Å². The number of rotatable bonds is 6. The second kappa shape index (κ2) is 8.36. The molecule has 1 aromatic heterocycles. The van der Waals surface area contributed by atoms with Crippen LogP contribution in [0, 0.1) is 13.8 Å². The number of benzene rings is 2. The third-order valence-electron chi connectivity index (χ3n) is 4.31. The Bertz CT molecular complexity index is 937. The fourth-order valence-electron chi connectivity index (χ4n) is 2.68. The van der Waals surface area contributed by atoms with Gasteiger partial charge in [-0.1, -0.05) is 12.1 Å². The molecule has 0 saturated heterocycles. The van der Waals surface area contributed by atoms with Crippen molar-refractivity contribution < 1.29 is 9.53 Å². The number of carbonyl (C=O) groups is 1. The Kier molecular flexibility index (Phi) is 5.71. The van der Waals surface area contributed by atoms with E-state index < -0.39 is 0 Å². The molecule has 0 atom stereocenters. The van der Waals surface area contributed by atoms with Crippen LogP contribution in [-0.2, 0) is 0 Å². The summed E-state index contributed by atoms with van der Waals surface area (Å²) in [6.07, 6.45) is 3.25. The molecule has 27 heavy (non-hydrogen) atoms. The minimum Gasteiger partial charge on any atom is -0.494 e. The second-order valence-electron chi connectivity index (χ2n) is 6.25. The Morgan fingerprint density at radius 3 is 2.56 bits per heavy atom. The zero-order valence-corrected chi connectivity index (χ0v) is 15.7. The van der Waals surface area contributed by atoms with Crippen LogP contribution in [0.3, 0.4) is 0 Å². The zero-order valence-electron chi connectivity index (χ0n) is 15.7. The van der Waals surface area contributed by atoms with E-state index in [9.17, 15) is 4.79 Å². The number of anilines is 3. The number of nitrogens with zero attached hydrogens (tertiary/aromatic N) is 1. The number of aromatic nitrogens is 1. The second-order valence-corrected chi connectivity index (χ2v) is 6.25. The third-order valence-corrected chi connectivity index (χ3v) is 4.31. The van der Waals surface area contributed by atoms with Crippen molar-refractivity contribution in [1.82, 2.24) is 4.98 Å². The molecular weight excluding hydrogens is 338 g/mol. The molecule has 2 aromatic carbocycles. The molecule has 0 bridgehead atoms. The van der Waals surface area contributed by atoms with Crippen LogP contribution in [0.4, 0.5) is 17.1 Å². The molecule has 5 heteroatoms. The fourth-order valence-corrected chi connectivity index (χ4v) is 2.68. The van der Waals surface area contributed by atoms with Crippen LogP contribution in [0.5, 0.6) is 5.75 Å². The maximum Gasteiger partial charge on any atom is 0.257 e. The van der Waals surface area contributed by atoms with E-state index in [0.29, 0.717) is 12.2 Å². The molecule has 2 N–H and O–H groups in total. The number of hydrogen-bond acceptors (Lipinski definition) is 4. The summed E-state index contributed by atoms with van der Waals surface area (Å²) in [4.78, 5) is 16.8. The number of amides is 1. The lowest BCUT2D eigenvalue weighted by molar-refractivity contribution is 0.102. The number of nitrogens with one attached hydrogen (secondary N) is 2. The molecule has 138 valence electrons. The Morgan fingerprint density at radius 1 is 1.04 bits per heavy atom. The van der Waals surface area contributed by atoms with E-state index in [-0.39, 0.29) is 5.91 Å². The molecule has 1 heterocycles. The predicted octanol–water partition coefficient (Wildman–Crippen LogP) is 5.09. The third kappa shape index (κ3) is 4.64. The maximum absolute atomic E-state index is 12.6. The van der Waals surface area contributed by atoms with Gasteiger partial charge in [-0.25, -0.2) is 0 Å². The normalized spacial score (nSPS) is 10.3. The van der Waals surface area contributed by atoms with E-state index in [1.54, 1.807) is 18.5 Å². The molecule has 0 aliphatic rings. The standard InChI is InChI=1S/C22H23N3O2/c1-4-27-20-10-8-18(9-11-20)24-19-12-17(13-23-14-19)22(26)25-21-7-5-6-15(2)16(21)3/h5-14,24H,4H2,1-3H3,(H,25,26). The van der Waals surface area contributed by atoms with E-state index in [1.807, 2.05) is 63.2 Å². The van der Waals surface area contributed by atoms with Crippen molar-refractivity contribution in [2.24, 2.45) is 0 Å². The number of ether oxygens (including phenoxy) is 1. The maximum atomic E-state index is 12.6. The largest absolute Gasteiger partial charge is 0.494 e. The van der Waals surface area contributed by atoms with E-state index in [2.05, 4.69) is 15.6 Å². The van der Waals surface area contributed by atoms with Crippen LogP contribution in [0.1, 0.15) is 28.4 Å². The number of aryl methyl sites for hydroxylation is 1. The van der Waals surface area contributed by atoms with Gasteiger partial charge in [0.1, 0.15) is 5.75 Å². The molecule has 0 saturated carbocycles. The lowest BCUT2D eigenvalue weighted by Crippen LogP contribution is -2.13. The van der Waals surface area contributed by atoms with Crippen LogP contribution >= 0.6 is 0 Å². The SMILES string of the molecule is CCOc1ccc(Nc2cncc(C(=O)Nc3cccc(C)c3C)c2)cc1. The first-order chi connectivity index (χ1) is 13.1. The zero-order chi connectivity index (χ0) is 19.2. The molecule has 3 aromatic rings. The van der Waals surface area contributed by atoms with Gasteiger partial charge in [0.15, 0.2) is 0 Å². The lowest BCUT2D eigenvalue weighted by atomic mass is 10.1. The smallest absolute Gasteiger partial charge is 0.257 e. The molecular formula is C22H23N3O2. The highest BCUT2D eigenvalue weighted by atomic mass is 16.5. The van der Waals surface area contributed by atoms with Gasteiger partial charge in [-0.05, 0) is 68.3 Å². The fraction of sp³-hybridized carbons (Fsp3) is 0.182. The summed E-state index contributed by atoms with van der Waals surface area (Å²) in [5.41, 5.74) is 5.14. The molecule has 0 aliphatic carbocycles. The van der Waals surface area contributed by atoms with Gasteiger partial charge in [0.05, 0.1) is 24.1 Å². The monoisotopic (exact) mass is 361 g/mol. The van der Waals surface area contributed by atoms with Crippen molar-refractivity contribution in [2.75, 3.05) is 17.2 Å². The van der Waals surface area contributed by atoms with Crippen molar-refractivity contribution in [3.8, 4) is 5.75 Å². The summed E-state index contributed by atoms with van der Waals surface area (Å²) < 4.78 is 5.44. The van der Waals surface area contributed by atoms with Crippen molar-refractivity contribution in [3.05, 3.63) is 77.6 Å². The van der Waals surface area contributed by atoms with Gasteiger partial charge >= 0.3 is 0 Å². The van der Waals surface area contributed by atoms with Gasteiger partial charge in [0.25, 0.3) is 5.91 Å². The Balaban J connectivity index is 1.72. The molecule has 0 unspecified atom stereocenters. The summed E-state index contributed by atoms with van der Waals surface area (Å²) in [5.74, 6) is 0.634. The molecule has 5 nitrogen and oxygen atoms in total. The summed E-state index contributed by atoms with van der Waals surface area (Å²) in [5, 5.41) is 6.21. The average molecular weight is 361 g/mol. The van der Waals surface area contributed by atoms with Crippen molar-refractivity contribution in [2.45, 2.75) is 20.8 Å². The molecule has 0 aliphatic heterocycles. The van der Waals surface area contributed by atoms with Crippen molar-refractivity contribution >= 4 is 23.0 Å². The number of carbonyl (C=O) groups excluding carboxylic acids is 1. The summed E-state index contributed by atoms with van der Waals surface area (Å²) in [7, 11) is 0. The highest BCUT2D eigenvalue weighted by Gasteiger charge is 2.10. The molecule has 3 rings (SSSR count). The summed E-state index contributed by atoms with van der Waals surface area (Å²) in [6, 6.07) is 15.3. The van der Waals surface area contributed by atoms with Gasteiger partial charge in [-0.2, -0.15) is 0 Å². The molecule has 0 radical (unpaired) electrons. The topological polar surface area (TPSA) is 63.2 Å². The van der Waals surface area contributed by atoms with E-state index in [4.69, 9.17) is 4.74 Å². The van der Waals surface area contributed by atoms with Crippen molar-refractivity contribution in [3.63, 3.8) is 0 Å². The minimum absolute atomic E-state index is 0.188. The van der Waals surface area contributed by atoms with E-state index >= 15 is 0 Å². The number of hydrogen-bond donors (Lipinski definition) is 2. The van der Waals surface area contributed by atoms with Crippen LogP contribution in [0.15, 0.2) is 60.9 Å². The van der Waals surface area contributed by atoms with Gasteiger partial charge in [0, 0.05) is 17.6 Å².